The van der Waals surface area contributed by atoms with Crippen molar-refractivity contribution in [1.82, 2.24) is 15.3 Å². The van der Waals surface area contributed by atoms with Crippen LogP contribution in [0, 0.1) is 0 Å². The predicted molar refractivity (Wildman–Crippen MR) is 88.0 cm³/mol. The molecule has 1 unspecified atom stereocenters. The van der Waals surface area contributed by atoms with E-state index < -0.39 is 11.7 Å². The third kappa shape index (κ3) is 3.54. The lowest BCUT2D eigenvalue weighted by molar-refractivity contribution is -0.137. The van der Waals surface area contributed by atoms with E-state index in [2.05, 4.69) is 21.4 Å². The van der Waals surface area contributed by atoms with Crippen LogP contribution in [0.4, 0.5) is 13.2 Å². The molecular formula is C19H20F3N3. The SMILES string of the molecule is FC(F)(F)c1ccc(CNC2CCCc3c(C4CC4)ccnc32)nc1. The molecule has 0 bridgehead atoms. The molecule has 132 valence electrons. The first-order chi connectivity index (χ1) is 12.0. The molecule has 0 aliphatic heterocycles. The number of rotatable bonds is 4. The zero-order valence-electron chi connectivity index (χ0n) is 13.8. The van der Waals surface area contributed by atoms with Gasteiger partial charge < -0.3 is 5.32 Å². The summed E-state index contributed by atoms with van der Waals surface area (Å²) >= 11 is 0. The minimum absolute atomic E-state index is 0.145. The number of halogens is 3. The second-order valence-corrected chi connectivity index (χ2v) is 6.90. The van der Waals surface area contributed by atoms with Crippen molar-refractivity contribution in [2.45, 2.75) is 56.8 Å². The van der Waals surface area contributed by atoms with Crippen molar-refractivity contribution < 1.29 is 13.2 Å². The van der Waals surface area contributed by atoms with Crippen LogP contribution < -0.4 is 5.32 Å². The van der Waals surface area contributed by atoms with E-state index in [1.807, 2.05) is 6.20 Å². The van der Waals surface area contributed by atoms with Gasteiger partial charge in [-0.2, -0.15) is 13.2 Å². The molecule has 1 atom stereocenters. The van der Waals surface area contributed by atoms with E-state index >= 15 is 0 Å². The highest BCUT2D eigenvalue weighted by Gasteiger charge is 2.32. The normalized spacial score (nSPS) is 20.4. The molecule has 1 fully saturated rings. The molecule has 1 saturated carbocycles. The lowest BCUT2D eigenvalue weighted by Crippen LogP contribution is -2.27. The van der Waals surface area contributed by atoms with Gasteiger partial charge in [0.15, 0.2) is 0 Å². The Morgan fingerprint density at radius 1 is 1.08 bits per heavy atom. The standard InChI is InChI=1S/C19H20F3N3/c20-19(21,22)13-6-7-14(24-10-13)11-25-17-3-1-2-16-15(12-4-5-12)8-9-23-18(16)17/h6-10,12,17,25H,1-5,11H2. The Bertz CT molecular complexity index is 751. The molecule has 0 aromatic carbocycles. The number of pyridine rings is 2. The molecule has 4 rings (SSSR count). The molecule has 0 spiro atoms. The summed E-state index contributed by atoms with van der Waals surface area (Å²) < 4.78 is 37.8. The molecular weight excluding hydrogens is 327 g/mol. The summed E-state index contributed by atoms with van der Waals surface area (Å²) in [5.74, 6) is 0.701. The number of hydrogen-bond acceptors (Lipinski definition) is 3. The first kappa shape index (κ1) is 16.5. The minimum atomic E-state index is -4.34. The maximum absolute atomic E-state index is 12.6. The third-order valence-corrected chi connectivity index (χ3v) is 5.07. The van der Waals surface area contributed by atoms with E-state index in [4.69, 9.17) is 0 Å². The third-order valence-electron chi connectivity index (χ3n) is 5.07. The van der Waals surface area contributed by atoms with Crippen molar-refractivity contribution in [3.05, 3.63) is 58.7 Å². The van der Waals surface area contributed by atoms with Gasteiger partial charge in [-0.1, -0.05) is 0 Å². The molecule has 1 N–H and O–H groups in total. The number of hydrogen-bond donors (Lipinski definition) is 1. The lowest BCUT2D eigenvalue weighted by atomic mass is 9.87. The van der Waals surface area contributed by atoms with Crippen LogP contribution in [0.2, 0.25) is 0 Å². The van der Waals surface area contributed by atoms with E-state index in [-0.39, 0.29) is 6.04 Å². The van der Waals surface area contributed by atoms with Gasteiger partial charge in [-0.25, -0.2) is 0 Å². The number of nitrogens with one attached hydrogen (secondary N) is 1. The zero-order chi connectivity index (χ0) is 17.4. The van der Waals surface area contributed by atoms with Gasteiger partial charge in [0.25, 0.3) is 0 Å². The molecule has 0 amide bonds. The van der Waals surface area contributed by atoms with E-state index in [0.29, 0.717) is 18.2 Å². The van der Waals surface area contributed by atoms with Gasteiger partial charge in [0.2, 0.25) is 0 Å². The Kier molecular flexibility index (Phi) is 4.23. The number of nitrogens with zero attached hydrogens (tertiary/aromatic N) is 2. The number of aromatic nitrogens is 2. The van der Waals surface area contributed by atoms with Crippen LogP contribution in [0.15, 0.2) is 30.6 Å². The lowest BCUT2D eigenvalue weighted by Gasteiger charge is -2.27. The van der Waals surface area contributed by atoms with Crippen LogP contribution in [0.25, 0.3) is 0 Å². The van der Waals surface area contributed by atoms with Crippen LogP contribution in [-0.4, -0.2) is 9.97 Å². The van der Waals surface area contributed by atoms with Crippen molar-refractivity contribution >= 4 is 0 Å². The molecule has 25 heavy (non-hydrogen) atoms. The summed E-state index contributed by atoms with van der Waals surface area (Å²) in [5, 5.41) is 3.43. The van der Waals surface area contributed by atoms with Gasteiger partial charge in [-0.15, -0.1) is 0 Å². The van der Waals surface area contributed by atoms with Gasteiger partial charge in [0.1, 0.15) is 0 Å². The summed E-state index contributed by atoms with van der Waals surface area (Å²) in [6, 6.07) is 4.82. The monoisotopic (exact) mass is 347 g/mol. The van der Waals surface area contributed by atoms with Crippen LogP contribution >= 0.6 is 0 Å². The van der Waals surface area contributed by atoms with E-state index in [9.17, 15) is 13.2 Å². The fourth-order valence-corrected chi connectivity index (χ4v) is 3.62. The van der Waals surface area contributed by atoms with E-state index in [0.717, 1.165) is 37.2 Å². The van der Waals surface area contributed by atoms with Gasteiger partial charge in [0, 0.05) is 18.9 Å². The highest BCUT2D eigenvalue weighted by molar-refractivity contribution is 5.38. The van der Waals surface area contributed by atoms with E-state index in [1.165, 1.54) is 30.0 Å². The van der Waals surface area contributed by atoms with Crippen molar-refractivity contribution in [1.29, 1.82) is 0 Å². The summed E-state index contributed by atoms with van der Waals surface area (Å²) in [4.78, 5) is 8.54. The Labute approximate surface area is 144 Å². The quantitative estimate of drug-likeness (QED) is 0.882. The first-order valence-corrected chi connectivity index (χ1v) is 8.75. The van der Waals surface area contributed by atoms with Gasteiger partial charge >= 0.3 is 6.18 Å². The van der Waals surface area contributed by atoms with Gasteiger partial charge in [0.05, 0.1) is 23.0 Å². The summed E-state index contributed by atoms with van der Waals surface area (Å²) in [6.45, 7) is 0.442. The van der Waals surface area contributed by atoms with E-state index in [1.54, 1.807) is 0 Å². The highest BCUT2D eigenvalue weighted by atomic mass is 19.4. The Morgan fingerprint density at radius 3 is 2.60 bits per heavy atom. The maximum atomic E-state index is 12.6. The highest BCUT2D eigenvalue weighted by Crippen LogP contribution is 2.44. The van der Waals surface area contributed by atoms with Crippen LogP contribution in [0.3, 0.4) is 0 Å². The molecule has 2 aliphatic carbocycles. The number of fused-ring (bicyclic) bond motifs is 1. The summed E-state index contributed by atoms with van der Waals surface area (Å²) in [6.07, 6.45) is 4.16. The maximum Gasteiger partial charge on any atom is 0.417 e. The van der Waals surface area contributed by atoms with Crippen LogP contribution in [0.5, 0.6) is 0 Å². The van der Waals surface area contributed by atoms with Gasteiger partial charge in [-0.3, -0.25) is 9.97 Å². The topological polar surface area (TPSA) is 37.8 Å². The van der Waals surface area contributed by atoms with Crippen molar-refractivity contribution in [3.8, 4) is 0 Å². The zero-order valence-corrected chi connectivity index (χ0v) is 13.8. The average molecular weight is 347 g/mol. The largest absolute Gasteiger partial charge is 0.417 e. The summed E-state index contributed by atoms with van der Waals surface area (Å²) in [5.41, 5.74) is 3.84. The molecule has 0 radical (unpaired) electrons. The number of alkyl halides is 3. The van der Waals surface area contributed by atoms with Crippen molar-refractivity contribution in [2.24, 2.45) is 0 Å². The van der Waals surface area contributed by atoms with Crippen LogP contribution in [-0.2, 0) is 19.1 Å². The smallest absolute Gasteiger partial charge is 0.303 e. The predicted octanol–water partition coefficient (Wildman–Crippen LogP) is 4.54. The molecule has 0 saturated heterocycles. The first-order valence-electron chi connectivity index (χ1n) is 8.75. The molecule has 2 aliphatic rings. The van der Waals surface area contributed by atoms with Gasteiger partial charge in [-0.05, 0) is 67.3 Å². The Hall–Kier alpha value is -1.95. The fraction of sp³-hybridized carbons (Fsp3) is 0.474. The minimum Gasteiger partial charge on any atom is -0.303 e. The van der Waals surface area contributed by atoms with Crippen molar-refractivity contribution in [3.63, 3.8) is 0 Å². The van der Waals surface area contributed by atoms with Crippen molar-refractivity contribution in [2.75, 3.05) is 0 Å². The molecule has 2 aromatic heterocycles. The molecule has 3 nitrogen and oxygen atoms in total. The Morgan fingerprint density at radius 2 is 1.92 bits per heavy atom. The fourth-order valence-electron chi connectivity index (χ4n) is 3.62. The second kappa shape index (κ2) is 6.41. The average Bonchev–Trinajstić information content (AvgIpc) is 3.44. The van der Waals surface area contributed by atoms with Crippen LogP contribution in [0.1, 0.15) is 65.7 Å². The molecule has 2 heterocycles. The second-order valence-electron chi connectivity index (χ2n) is 6.90. The summed E-state index contributed by atoms with van der Waals surface area (Å²) in [7, 11) is 0. The molecule has 6 heteroatoms. The molecule has 2 aromatic rings. The Balaban J connectivity index is 1.47.